The van der Waals surface area contributed by atoms with Crippen molar-refractivity contribution in [3.8, 4) is 0 Å². The zero-order valence-electron chi connectivity index (χ0n) is 9.65. The zero-order valence-corrected chi connectivity index (χ0v) is 9.65. The molecule has 0 amide bonds. The molecule has 1 atom stereocenters. The van der Waals surface area contributed by atoms with Crippen LogP contribution in [0.25, 0.3) is 0 Å². The van der Waals surface area contributed by atoms with Crippen LogP contribution in [0.15, 0.2) is 18.2 Å². The van der Waals surface area contributed by atoms with E-state index in [2.05, 4.69) is 0 Å². The molecule has 0 spiro atoms. The number of likely N-dealkylation sites (N-methyl/N-ethyl adjacent to an activating group) is 1. The minimum atomic E-state index is -0.724. The van der Waals surface area contributed by atoms with E-state index in [0.29, 0.717) is 18.7 Å². The molecule has 0 unspecified atom stereocenters. The summed E-state index contributed by atoms with van der Waals surface area (Å²) >= 11 is 0. The van der Waals surface area contributed by atoms with Crippen molar-refractivity contribution in [1.82, 2.24) is 0 Å². The Labute approximate surface area is 95.1 Å². The highest BCUT2D eigenvalue weighted by atomic mass is 19.1. The van der Waals surface area contributed by atoms with Gasteiger partial charge in [-0.2, -0.15) is 0 Å². The van der Waals surface area contributed by atoms with Crippen LogP contribution in [0, 0.1) is 5.82 Å². The topological polar surface area (TPSA) is 43.7 Å². The monoisotopic (exact) mass is 227 g/mol. The number of halogens is 1. The third-order valence-electron chi connectivity index (χ3n) is 2.53. The minimum absolute atomic E-state index is 0.0322. The van der Waals surface area contributed by atoms with Gasteiger partial charge >= 0.3 is 0 Å². The fourth-order valence-electron chi connectivity index (χ4n) is 1.72. The van der Waals surface area contributed by atoms with Gasteiger partial charge in [-0.3, -0.25) is 0 Å². The summed E-state index contributed by atoms with van der Waals surface area (Å²) in [6.45, 7) is 4.76. The number of benzene rings is 1. The summed E-state index contributed by atoms with van der Waals surface area (Å²) in [7, 11) is 0. The van der Waals surface area contributed by atoms with Crippen LogP contribution in [0.3, 0.4) is 0 Å². The molecule has 0 saturated carbocycles. The molecule has 2 N–H and O–H groups in total. The Balaban J connectivity index is 3.09. The van der Waals surface area contributed by atoms with Gasteiger partial charge in [-0.1, -0.05) is 0 Å². The minimum Gasteiger partial charge on any atom is -0.395 e. The first-order valence-electron chi connectivity index (χ1n) is 5.43. The lowest BCUT2D eigenvalue weighted by molar-refractivity contribution is 0.199. The van der Waals surface area contributed by atoms with E-state index in [1.54, 1.807) is 13.0 Å². The second kappa shape index (κ2) is 5.82. The van der Waals surface area contributed by atoms with E-state index in [9.17, 15) is 9.50 Å². The normalized spacial score (nSPS) is 12.6. The summed E-state index contributed by atoms with van der Waals surface area (Å²) in [4.78, 5) is 1.90. The molecule has 1 aromatic rings. The third-order valence-corrected chi connectivity index (χ3v) is 2.53. The van der Waals surface area contributed by atoms with Crippen LogP contribution in [0.2, 0.25) is 0 Å². The highest BCUT2D eigenvalue weighted by Crippen LogP contribution is 2.27. The number of hydrogen-bond donors (Lipinski definition) is 2. The average Bonchev–Trinajstić information content (AvgIpc) is 2.26. The van der Waals surface area contributed by atoms with E-state index in [-0.39, 0.29) is 12.4 Å². The SMILES string of the molecule is CCN(CCO)c1ccc(F)cc1[C@@H](C)O. The van der Waals surface area contributed by atoms with Crippen LogP contribution in [-0.2, 0) is 0 Å². The summed E-state index contributed by atoms with van der Waals surface area (Å²) in [5, 5.41) is 18.5. The summed E-state index contributed by atoms with van der Waals surface area (Å²) in [5.74, 6) is -0.361. The summed E-state index contributed by atoms with van der Waals surface area (Å²) in [6.07, 6.45) is -0.724. The van der Waals surface area contributed by atoms with Crippen molar-refractivity contribution in [2.75, 3.05) is 24.6 Å². The molecule has 16 heavy (non-hydrogen) atoms. The highest BCUT2D eigenvalue weighted by Gasteiger charge is 2.13. The lowest BCUT2D eigenvalue weighted by Gasteiger charge is -2.25. The molecular weight excluding hydrogens is 209 g/mol. The zero-order chi connectivity index (χ0) is 12.1. The number of nitrogens with zero attached hydrogens (tertiary/aromatic N) is 1. The van der Waals surface area contributed by atoms with Gasteiger partial charge in [-0.15, -0.1) is 0 Å². The van der Waals surface area contributed by atoms with Gasteiger partial charge < -0.3 is 15.1 Å². The molecule has 3 nitrogen and oxygen atoms in total. The van der Waals surface area contributed by atoms with Crippen LogP contribution in [0.5, 0.6) is 0 Å². The molecule has 0 radical (unpaired) electrons. The molecular formula is C12H18FNO2. The molecule has 1 rings (SSSR count). The first-order valence-corrected chi connectivity index (χ1v) is 5.43. The van der Waals surface area contributed by atoms with E-state index in [0.717, 1.165) is 5.69 Å². The number of aliphatic hydroxyl groups is 2. The Bertz CT molecular complexity index is 342. The molecule has 0 aliphatic carbocycles. The third kappa shape index (κ3) is 2.93. The fourth-order valence-corrected chi connectivity index (χ4v) is 1.72. The van der Waals surface area contributed by atoms with Gasteiger partial charge in [0, 0.05) is 24.3 Å². The van der Waals surface area contributed by atoms with Crippen molar-refractivity contribution in [2.45, 2.75) is 20.0 Å². The molecule has 90 valence electrons. The van der Waals surface area contributed by atoms with Crippen molar-refractivity contribution in [1.29, 1.82) is 0 Å². The Hall–Kier alpha value is -1.13. The summed E-state index contributed by atoms with van der Waals surface area (Å²) in [5.41, 5.74) is 1.32. The molecule has 0 aliphatic rings. The van der Waals surface area contributed by atoms with Gasteiger partial charge in [-0.25, -0.2) is 4.39 Å². The lowest BCUT2D eigenvalue weighted by atomic mass is 10.1. The Morgan fingerprint density at radius 1 is 1.44 bits per heavy atom. The Morgan fingerprint density at radius 3 is 2.62 bits per heavy atom. The van der Waals surface area contributed by atoms with E-state index >= 15 is 0 Å². The quantitative estimate of drug-likeness (QED) is 0.804. The molecule has 4 heteroatoms. The second-order valence-corrected chi connectivity index (χ2v) is 3.68. The van der Waals surface area contributed by atoms with Gasteiger partial charge in [-0.05, 0) is 32.0 Å². The Kier molecular flexibility index (Phi) is 4.71. The maximum absolute atomic E-state index is 13.1. The van der Waals surface area contributed by atoms with Crippen LogP contribution in [-0.4, -0.2) is 29.9 Å². The fraction of sp³-hybridized carbons (Fsp3) is 0.500. The van der Waals surface area contributed by atoms with Crippen molar-refractivity contribution in [2.24, 2.45) is 0 Å². The van der Waals surface area contributed by atoms with Gasteiger partial charge in [0.25, 0.3) is 0 Å². The number of aliphatic hydroxyl groups excluding tert-OH is 2. The second-order valence-electron chi connectivity index (χ2n) is 3.68. The number of anilines is 1. The van der Waals surface area contributed by atoms with Gasteiger partial charge in [0.15, 0.2) is 0 Å². The maximum Gasteiger partial charge on any atom is 0.123 e. The maximum atomic E-state index is 13.1. The average molecular weight is 227 g/mol. The smallest absolute Gasteiger partial charge is 0.123 e. The predicted molar refractivity (Wildman–Crippen MR) is 62.0 cm³/mol. The van der Waals surface area contributed by atoms with Gasteiger partial charge in [0.05, 0.1) is 12.7 Å². The summed E-state index contributed by atoms with van der Waals surface area (Å²) < 4.78 is 13.1. The van der Waals surface area contributed by atoms with Crippen molar-refractivity contribution >= 4 is 5.69 Å². The van der Waals surface area contributed by atoms with Crippen LogP contribution in [0.4, 0.5) is 10.1 Å². The van der Waals surface area contributed by atoms with Crippen LogP contribution < -0.4 is 4.90 Å². The molecule has 0 fully saturated rings. The van der Waals surface area contributed by atoms with Crippen molar-refractivity contribution in [3.05, 3.63) is 29.6 Å². The van der Waals surface area contributed by atoms with E-state index in [1.807, 2.05) is 11.8 Å². The van der Waals surface area contributed by atoms with Crippen molar-refractivity contribution < 1.29 is 14.6 Å². The number of hydrogen-bond acceptors (Lipinski definition) is 3. The van der Waals surface area contributed by atoms with Crippen LogP contribution >= 0.6 is 0 Å². The molecule has 0 saturated heterocycles. The molecule has 0 heterocycles. The highest BCUT2D eigenvalue weighted by molar-refractivity contribution is 5.54. The van der Waals surface area contributed by atoms with Crippen molar-refractivity contribution in [3.63, 3.8) is 0 Å². The standard InChI is InChI=1S/C12H18FNO2/c1-3-14(6-7-15)12-5-4-10(13)8-11(12)9(2)16/h4-5,8-9,15-16H,3,6-7H2,1-2H3/t9-/m1/s1. The van der Waals surface area contributed by atoms with E-state index in [4.69, 9.17) is 5.11 Å². The summed E-state index contributed by atoms with van der Waals surface area (Å²) in [6, 6.07) is 4.33. The molecule has 0 bridgehead atoms. The molecule has 0 aromatic heterocycles. The Morgan fingerprint density at radius 2 is 2.12 bits per heavy atom. The first-order chi connectivity index (χ1) is 7.60. The van der Waals surface area contributed by atoms with Crippen LogP contribution in [0.1, 0.15) is 25.5 Å². The molecule has 0 aliphatic heterocycles. The molecule has 1 aromatic carbocycles. The van der Waals surface area contributed by atoms with E-state index < -0.39 is 6.10 Å². The van der Waals surface area contributed by atoms with E-state index in [1.165, 1.54) is 12.1 Å². The van der Waals surface area contributed by atoms with Gasteiger partial charge in [0.2, 0.25) is 0 Å². The largest absolute Gasteiger partial charge is 0.395 e. The number of rotatable bonds is 5. The lowest BCUT2D eigenvalue weighted by Crippen LogP contribution is -2.27. The first kappa shape index (κ1) is 12.9. The predicted octanol–water partition coefficient (Wildman–Crippen LogP) is 1.70. The van der Waals surface area contributed by atoms with Gasteiger partial charge in [0.1, 0.15) is 5.82 Å².